The fourth-order valence-electron chi connectivity index (χ4n) is 9.15. The van der Waals surface area contributed by atoms with Gasteiger partial charge in [-0.2, -0.15) is 0 Å². The summed E-state index contributed by atoms with van der Waals surface area (Å²) in [6.45, 7) is 19.2. The highest BCUT2D eigenvalue weighted by molar-refractivity contribution is 7.90. The summed E-state index contributed by atoms with van der Waals surface area (Å²) >= 11 is 6.43. The van der Waals surface area contributed by atoms with E-state index in [1.807, 2.05) is 37.3 Å². The summed E-state index contributed by atoms with van der Waals surface area (Å²) in [6.07, 6.45) is 11.0. The molecule has 54 heavy (non-hydrogen) atoms. The molecule has 2 fully saturated rings. The number of benzene rings is 2. The Morgan fingerprint density at radius 3 is 2.56 bits per heavy atom. The Balaban J connectivity index is 1.40. The van der Waals surface area contributed by atoms with Crippen LogP contribution in [0.3, 0.4) is 0 Å². The number of fused-ring (bicyclic) bond motifs is 3. The quantitative estimate of drug-likeness (QED) is 0.298. The van der Waals surface area contributed by atoms with Crippen molar-refractivity contribution in [1.29, 1.82) is 0 Å². The molecule has 2 aromatic carbocycles. The predicted molar refractivity (Wildman–Crippen MR) is 219 cm³/mol. The van der Waals surface area contributed by atoms with E-state index >= 15 is 0 Å². The van der Waals surface area contributed by atoms with E-state index in [0.717, 1.165) is 94.1 Å². The van der Waals surface area contributed by atoms with Crippen molar-refractivity contribution in [2.45, 2.75) is 116 Å². The minimum atomic E-state index is -3.96. The van der Waals surface area contributed by atoms with Crippen LogP contribution in [0.1, 0.15) is 102 Å². The van der Waals surface area contributed by atoms with Crippen LogP contribution in [0.25, 0.3) is 0 Å². The molecule has 3 aliphatic heterocycles. The summed E-state index contributed by atoms with van der Waals surface area (Å²) in [4.78, 5) is 21.3. The number of aryl methyl sites for hydroxylation is 1. The number of ether oxygens (including phenoxy) is 2. The number of carbonyl (C=O) groups is 1. The van der Waals surface area contributed by atoms with Crippen molar-refractivity contribution in [2.24, 2.45) is 17.8 Å². The molecular weight excluding hydrogens is 720 g/mol. The van der Waals surface area contributed by atoms with Crippen LogP contribution in [-0.2, 0) is 27.8 Å². The molecule has 0 aromatic heterocycles. The molecule has 1 saturated heterocycles. The molecule has 9 nitrogen and oxygen atoms in total. The Kier molecular flexibility index (Phi) is 13.4. The number of hydrogen-bond acceptors (Lipinski definition) is 8. The van der Waals surface area contributed by atoms with E-state index in [9.17, 15) is 13.2 Å². The van der Waals surface area contributed by atoms with Crippen LogP contribution in [0.4, 0.5) is 5.69 Å². The largest absolute Gasteiger partial charge is 0.487 e. The Labute approximate surface area is 329 Å². The highest BCUT2D eigenvalue weighted by atomic mass is 35.5. The van der Waals surface area contributed by atoms with E-state index < -0.39 is 26.8 Å². The second-order valence-corrected chi connectivity index (χ2v) is 19.2. The van der Waals surface area contributed by atoms with Crippen molar-refractivity contribution < 1.29 is 22.7 Å². The molecule has 298 valence electrons. The molecule has 0 unspecified atom stereocenters. The SMILES string of the molecule is CCCO[C@]1(CN2CCN(C(C)C)[C@H](C)C2)/C=C/C[C@H](C)[C@@H](C)S(=O)(=O)NC(=O)c2ccc3c(c2)N(CCCCc2cc(Cl)ccc2CO3)C[C@@H]2CC[C@H]21. The maximum Gasteiger partial charge on any atom is 0.264 e. The first kappa shape index (κ1) is 41.0. The predicted octanol–water partition coefficient (Wildman–Crippen LogP) is 7.71. The smallest absolute Gasteiger partial charge is 0.264 e. The molecule has 11 heteroatoms. The molecule has 3 heterocycles. The van der Waals surface area contributed by atoms with Gasteiger partial charge in [-0.1, -0.05) is 43.7 Å². The van der Waals surface area contributed by atoms with Crippen molar-refractivity contribution in [3.8, 4) is 5.75 Å². The number of hydrogen-bond donors (Lipinski definition) is 1. The highest BCUT2D eigenvalue weighted by Crippen LogP contribution is 2.47. The van der Waals surface area contributed by atoms with Crippen LogP contribution in [0.5, 0.6) is 5.75 Å². The van der Waals surface area contributed by atoms with Crippen LogP contribution in [0, 0.1) is 17.8 Å². The van der Waals surface area contributed by atoms with E-state index in [-0.39, 0.29) is 11.8 Å². The number of halogens is 1. The molecule has 1 N–H and O–H groups in total. The Morgan fingerprint density at radius 1 is 1.02 bits per heavy atom. The first-order chi connectivity index (χ1) is 25.8. The van der Waals surface area contributed by atoms with E-state index in [0.29, 0.717) is 48.9 Å². The van der Waals surface area contributed by atoms with Gasteiger partial charge in [0, 0.05) is 68.5 Å². The first-order valence-electron chi connectivity index (χ1n) is 20.4. The van der Waals surface area contributed by atoms with Gasteiger partial charge in [0.2, 0.25) is 10.0 Å². The summed E-state index contributed by atoms with van der Waals surface area (Å²) in [7, 11) is -3.96. The lowest BCUT2D eigenvalue weighted by Gasteiger charge is -2.53. The van der Waals surface area contributed by atoms with Gasteiger partial charge in [-0.25, -0.2) is 13.1 Å². The number of nitrogens with zero attached hydrogens (tertiary/aromatic N) is 3. The van der Waals surface area contributed by atoms with Crippen LogP contribution < -0.4 is 14.4 Å². The van der Waals surface area contributed by atoms with Crippen LogP contribution in [0.2, 0.25) is 5.02 Å². The Bertz CT molecular complexity index is 1750. The van der Waals surface area contributed by atoms with Gasteiger partial charge in [0.15, 0.2) is 0 Å². The molecule has 6 rings (SSSR count). The lowest BCUT2D eigenvalue weighted by Crippen LogP contribution is -2.61. The van der Waals surface area contributed by atoms with Gasteiger partial charge in [-0.05, 0) is 132 Å². The van der Waals surface area contributed by atoms with Crippen molar-refractivity contribution in [2.75, 3.05) is 50.8 Å². The van der Waals surface area contributed by atoms with E-state index in [1.54, 1.807) is 13.0 Å². The van der Waals surface area contributed by atoms with Crippen molar-refractivity contribution in [1.82, 2.24) is 14.5 Å². The second kappa shape index (κ2) is 17.7. The first-order valence-corrected chi connectivity index (χ1v) is 22.4. The molecule has 2 aromatic rings. The van der Waals surface area contributed by atoms with Crippen molar-refractivity contribution in [3.63, 3.8) is 0 Å². The third-order valence-corrected chi connectivity index (χ3v) is 14.8. The molecule has 1 amide bonds. The zero-order chi connectivity index (χ0) is 38.6. The standard InChI is InChI=1S/C43H63ClN4O5S/c1-7-23-53-43(29-46-21-22-48(30(2)3)32(5)26-46)19-10-11-31(4)33(6)54(50,51)45-42(49)35-15-18-41-40(25-35)47(27-36-14-17-39(36)43)20-9-8-12-34-24-38(44)16-13-37(34)28-52-41/h10,13,15-16,18-19,24-25,30-33,36,39H,7-9,11-12,14,17,20-23,26-29H2,1-6H3,(H,45,49)/b19-10+/t31-,32+,33+,36-,39+,43-/m0/s1. The number of carbonyl (C=O) groups excluding carboxylic acids is 1. The van der Waals surface area contributed by atoms with Crippen molar-refractivity contribution >= 4 is 33.2 Å². The lowest BCUT2D eigenvalue weighted by atomic mass is 9.63. The molecular formula is C43H63ClN4O5S. The number of amides is 1. The van der Waals surface area contributed by atoms with Crippen molar-refractivity contribution in [3.05, 3.63) is 70.3 Å². The fraction of sp³-hybridized carbons (Fsp3) is 0.651. The summed E-state index contributed by atoms with van der Waals surface area (Å²) < 4.78 is 43.5. The van der Waals surface area contributed by atoms with Gasteiger partial charge in [0.25, 0.3) is 5.91 Å². The molecule has 4 aliphatic rings. The maximum absolute atomic E-state index is 13.7. The van der Waals surface area contributed by atoms with Gasteiger partial charge in [0.05, 0.1) is 10.9 Å². The number of anilines is 1. The third-order valence-electron chi connectivity index (χ3n) is 12.6. The van der Waals surface area contributed by atoms with Crippen LogP contribution in [-0.4, -0.2) is 92.9 Å². The lowest BCUT2D eigenvalue weighted by molar-refractivity contribution is -0.118. The molecule has 2 bridgehead atoms. The van der Waals surface area contributed by atoms with Gasteiger partial charge < -0.3 is 14.4 Å². The number of piperazine rings is 1. The van der Waals surface area contributed by atoms with Gasteiger partial charge in [-0.3, -0.25) is 14.6 Å². The summed E-state index contributed by atoms with van der Waals surface area (Å²) in [6, 6.07) is 12.3. The number of nitrogens with one attached hydrogen (secondary N) is 1. The minimum absolute atomic E-state index is 0.218. The van der Waals surface area contributed by atoms with E-state index in [2.05, 4.69) is 59.3 Å². The topological polar surface area (TPSA) is 91.4 Å². The zero-order valence-corrected chi connectivity index (χ0v) is 34.9. The molecule has 0 spiro atoms. The average molecular weight is 784 g/mol. The fourth-order valence-corrected chi connectivity index (χ4v) is 10.6. The minimum Gasteiger partial charge on any atom is -0.487 e. The Morgan fingerprint density at radius 2 is 1.83 bits per heavy atom. The molecule has 1 aliphatic carbocycles. The van der Waals surface area contributed by atoms with Gasteiger partial charge in [0.1, 0.15) is 18.0 Å². The summed E-state index contributed by atoms with van der Waals surface area (Å²) in [5, 5.41) is -0.0563. The average Bonchev–Trinajstić information content (AvgIpc) is 3.14. The number of rotatable bonds is 6. The number of sulfonamides is 1. The molecule has 1 saturated carbocycles. The highest BCUT2D eigenvalue weighted by Gasteiger charge is 2.49. The van der Waals surface area contributed by atoms with E-state index in [4.69, 9.17) is 21.1 Å². The van der Waals surface area contributed by atoms with E-state index in [1.165, 1.54) is 5.56 Å². The second-order valence-electron chi connectivity index (χ2n) is 16.7. The van der Waals surface area contributed by atoms with Gasteiger partial charge in [-0.15, -0.1) is 0 Å². The van der Waals surface area contributed by atoms with Gasteiger partial charge >= 0.3 is 0 Å². The normalized spacial score (nSPS) is 30.6. The number of allylic oxidation sites excluding steroid dienone is 1. The summed E-state index contributed by atoms with van der Waals surface area (Å²) in [5.74, 6) is 0.486. The summed E-state index contributed by atoms with van der Waals surface area (Å²) in [5.41, 5.74) is 2.91. The monoisotopic (exact) mass is 782 g/mol. The third kappa shape index (κ3) is 9.31. The maximum atomic E-state index is 13.7. The molecule has 6 atom stereocenters. The van der Waals surface area contributed by atoms with Crippen LogP contribution in [0.15, 0.2) is 48.6 Å². The van der Waals surface area contributed by atoms with Crippen LogP contribution >= 0.6 is 11.6 Å². The zero-order valence-electron chi connectivity index (χ0n) is 33.4. The Hall–Kier alpha value is -2.63. The molecule has 0 radical (unpaired) electrons.